The summed E-state index contributed by atoms with van der Waals surface area (Å²) in [5.74, 6) is 0. The highest BCUT2D eigenvalue weighted by Crippen LogP contribution is 1.98. The lowest BCUT2D eigenvalue weighted by Gasteiger charge is -2.22. The van der Waals surface area contributed by atoms with Crippen LogP contribution in [0.2, 0.25) is 0 Å². The summed E-state index contributed by atoms with van der Waals surface area (Å²) in [5, 5.41) is 9.86. The van der Waals surface area contributed by atoms with Gasteiger partial charge in [-0.05, 0) is 12.3 Å². The first-order valence-corrected chi connectivity index (χ1v) is 2.42. The summed E-state index contributed by atoms with van der Waals surface area (Å²) in [6, 6.07) is 0. The summed E-state index contributed by atoms with van der Waals surface area (Å²) in [7, 11) is 0. The zero-order valence-electron chi connectivity index (χ0n) is 4.13. The van der Waals surface area contributed by atoms with Crippen molar-refractivity contribution >= 4 is 0 Å². The molecule has 0 saturated heterocycles. The number of hydrogen-bond acceptors (Lipinski definition) is 1. The first-order valence-electron chi connectivity index (χ1n) is 2.42. The summed E-state index contributed by atoms with van der Waals surface area (Å²) in [4.78, 5) is 1.99. The topological polar surface area (TPSA) is 23.1 Å². The minimum absolute atomic E-state index is 0.0182. The van der Waals surface area contributed by atoms with Crippen molar-refractivity contribution in [3.8, 4) is 0 Å². The van der Waals surface area contributed by atoms with Crippen molar-refractivity contribution in [2.75, 3.05) is 19.7 Å². The summed E-state index contributed by atoms with van der Waals surface area (Å²) in [6.45, 7) is 1.67. The van der Waals surface area contributed by atoms with Gasteiger partial charge >= 0.3 is 0 Å². The molecule has 0 aliphatic carbocycles. The van der Waals surface area contributed by atoms with Gasteiger partial charge in [0.1, 0.15) is 0 Å². The Kier molecular flexibility index (Phi) is 1.32. The summed E-state index contributed by atoms with van der Waals surface area (Å²) < 4.78 is 0. The van der Waals surface area contributed by atoms with Gasteiger partial charge in [-0.3, -0.25) is 0 Å². The highest BCUT2D eigenvalue weighted by atomic mass is 16.3. The third-order valence-corrected chi connectivity index (χ3v) is 1.03. The zero-order valence-corrected chi connectivity index (χ0v) is 4.13. The molecule has 2 heteroatoms. The van der Waals surface area contributed by atoms with Crippen LogP contribution < -0.4 is 0 Å². The summed E-state index contributed by atoms with van der Waals surface area (Å²) in [6.07, 6.45) is 3.98. The van der Waals surface area contributed by atoms with E-state index in [1.807, 2.05) is 17.2 Å². The lowest BCUT2D eigenvalue weighted by molar-refractivity contribution is 0.161. The molecule has 0 saturated carbocycles. The lowest BCUT2D eigenvalue weighted by Crippen LogP contribution is -2.26. The maximum Gasteiger partial charge on any atom is 0.0997 e. The van der Waals surface area contributed by atoms with Crippen LogP contribution >= 0.6 is 0 Å². The van der Waals surface area contributed by atoms with E-state index < -0.39 is 0 Å². The number of hydrogen-bond donors (Lipinski definition) is 0. The van der Waals surface area contributed by atoms with E-state index in [9.17, 15) is 5.11 Å². The molecular formula is C5H8NO. The SMILES string of the molecule is [O]CCN1C=CC1. The van der Waals surface area contributed by atoms with E-state index in [2.05, 4.69) is 0 Å². The fourth-order valence-corrected chi connectivity index (χ4v) is 0.538. The number of rotatable bonds is 2. The van der Waals surface area contributed by atoms with Crippen LogP contribution in [-0.4, -0.2) is 24.6 Å². The van der Waals surface area contributed by atoms with Gasteiger partial charge in [-0.1, -0.05) is 0 Å². The Morgan fingerprint density at radius 2 is 2.43 bits per heavy atom. The second-order valence-corrected chi connectivity index (χ2v) is 1.58. The molecule has 0 spiro atoms. The Labute approximate surface area is 43.1 Å². The van der Waals surface area contributed by atoms with Crippen LogP contribution in [0.25, 0.3) is 0 Å². The van der Waals surface area contributed by atoms with E-state index in [0.717, 1.165) is 6.54 Å². The van der Waals surface area contributed by atoms with Gasteiger partial charge in [0.25, 0.3) is 0 Å². The van der Waals surface area contributed by atoms with E-state index in [1.54, 1.807) is 0 Å². The van der Waals surface area contributed by atoms with Crippen LogP contribution in [0.5, 0.6) is 0 Å². The van der Waals surface area contributed by atoms with Gasteiger partial charge in [0.2, 0.25) is 0 Å². The van der Waals surface area contributed by atoms with Gasteiger partial charge < -0.3 is 4.90 Å². The molecule has 0 aromatic heterocycles. The van der Waals surface area contributed by atoms with Crippen molar-refractivity contribution in [3.05, 3.63) is 12.3 Å². The van der Waals surface area contributed by atoms with Crippen LogP contribution in [0.4, 0.5) is 0 Å². The minimum atomic E-state index is 0.0182. The molecule has 1 radical (unpaired) electrons. The Hall–Kier alpha value is -0.500. The molecule has 0 amide bonds. The van der Waals surface area contributed by atoms with Crippen LogP contribution in [0.15, 0.2) is 12.3 Å². The fourth-order valence-electron chi connectivity index (χ4n) is 0.538. The smallest absolute Gasteiger partial charge is 0.0997 e. The normalized spacial score (nSPS) is 17.0. The predicted octanol–water partition coefficient (Wildman–Crippen LogP) is 0.246. The molecule has 1 heterocycles. The molecule has 0 aromatic rings. The summed E-state index contributed by atoms with van der Waals surface area (Å²) >= 11 is 0. The minimum Gasteiger partial charge on any atom is -0.371 e. The Morgan fingerprint density at radius 3 is 2.57 bits per heavy atom. The molecule has 7 heavy (non-hydrogen) atoms. The maximum atomic E-state index is 9.86. The van der Waals surface area contributed by atoms with Gasteiger partial charge in [-0.15, -0.1) is 0 Å². The molecule has 1 aliphatic rings. The Morgan fingerprint density at radius 1 is 1.71 bits per heavy atom. The van der Waals surface area contributed by atoms with Crippen LogP contribution in [0.1, 0.15) is 0 Å². The second kappa shape index (κ2) is 1.98. The highest BCUT2D eigenvalue weighted by molar-refractivity contribution is 4.96. The molecular weight excluding hydrogens is 90.1 g/mol. The van der Waals surface area contributed by atoms with E-state index in [-0.39, 0.29) is 6.61 Å². The quantitative estimate of drug-likeness (QED) is 0.485. The van der Waals surface area contributed by atoms with Crippen molar-refractivity contribution < 1.29 is 5.11 Å². The largest absolute Gasteiger partial charge is 0.371 e. The van der Waals surface area contributed by atoms with Crippen molar-refractivity contribution in [1.82, 2.24) is 4.90 Å². The first kappa shape index (κ1) is 4.65. The third kappa shape index (κ3) is 0.933. The molecule has 0 atom stereocenters. The molecule has 0 bridgehead atoms. The van der Waals surface area contributed by atoms with E-state index in [4.69, 9.17) is 0 Å². The molecule has 0 unspecified atom stereocenters. The molecule has 2 nitrogen and oxygen atoms in total. The van der Waals surface area contributed by atoms with Gasteiger partial charge in [-0.2, -0.15) is 0 Å². The van der Waals surface area contributed by atoms with Crippen molar-refractivity contribution in [1.29, 1.82) is 0 Å². The highest BCUT2D eigenvalue weighted by Gasteiger charge is 2.00. The number of nitrogens with zero attached hydrogens (tertiary/aromatic N) is 1. The van der Waals surface area contributed by atoms with Crippen molar-refractivity contribution in [2.45, 2.75) is 0 Å². The maximum absolute atomic E-state index is 9.86. The van der Waals surface area contributed by atoms with Gasteiger partial charge in [0.15, 0.2) is 0 Å². The molecule has 1 rings (SSSR count). The first-order chi connectivity index (χ1) is 3.43. The Bertz CT molecular complexity index is 80.1. The monoisotopic (exact) mass is 98.1 g/mol. The lowest BCUT2D eigenvalue weighted by atomic mass is 10.4. The summed E-state index contributed by atoms with van der Waals surface area (Å²) in [5.41, 5.74) is 0. The van der Waals surface area contributed by atoms with E-state index >= 15 is 0 Å². The van der Waals surface area contributed by atoms with Crippen molar-refractivity contribution in [3.63, 3.8) is 0 Å². The molecule has 1 aliphatic heterocycles. The third-order valence-electron chi connectivity index (χ3n) is 1.03. The van der Waals surface area contributed by atoms with E-state index in [1.165, 1.54) is 0 Å². The van der Waals surface area contributed by atoms with Crippen molar-refractivity contribution in [2.24, 2.45) is 0 Å². The van der Waals surface area contributed by atoms with Crippen LogP contribution in [0, 0.1) is 0 Å². The van der Waals surface area contributed by atoms with Gasteiger partial charge in [0.05, 0.1) is 6.61 Å². The van der Waals surface area contributed by atoms with Gasteiger partial charge in [-0.25, -0.2) is 5.11 Å². The van der Waals surface area contributed by atoms with Gasteiger partial charge in [0, 0.05) is 13.1 Å². The average molecular weight is 98.1 g/mol. The molecule has 0 aromatic carbocycles. The Balaban J connectivity index is 2.06. The average Bonchev–Trinajstić information content (AvgIpc) is 1.55. The van der Waals surface area contributed by atoms with Crippen LogP contribution in [-0.2, 0) is 5.11 Å². The fraction of sp³-hybridized carbons (Fsp3) is 0.600. The van der Waals surface area contributed by atoms with E-state index in [0.29, 0.717) is 6.54 Å². The zero-order chi connectivity index (χ0) is 5.11. The molecule has 0 fully saturated rings. The molecule has 0 N–H and O–H groups in total. The standard InChI is InChI=1S/C5H8NO/c7-5-4-6-2-1-3-6/h1-2H,3-5H2. The molecule has 39 valence electrons. The predicted molar refractivity (Wildman–Crippen MR) is 26.3 cm³/mol. The van der Waals surface area contributed by atoms with Crippen LogP contribution in [0.3, 0.4) is 0 Å². The second-order valence-electron chi connectivity index (χ2n) is 1.58.